The summed E-state index contributed by atoms with van der Waals surface area (Å²) >= 11 is 0. The smallest absolute Gasteiger partial charge is 0.380 e. The third-order valence-electron chi connectivity index (χ3n) is 9.43. The van der Waals surface area contributed by atoms with Gasteiger partial charge in [-0.15, -0.1) is 0 Å². The molecule has 39 heavy (non-hydrogen) atoms. The summed E-state index contributed by atoms with van der Waals surface area (Å²) in [6.07, 6.45) is 3.69. The topological polar surface area (TPSA) is 90.0 Å². The molecule has 2 aromatic rings. The molecular weight excluding hydrogens is 511 g/mol. The second-order valence-corrected chi connectivity index (χ2v) is 12.0. The number of nitrogens with zero attached hydrogens (tertiary/aromatic N) is 5. The maximum Gasteiger partial charge on any atom is 0.418 e. The summed E-state index contributed by atoms with van der Waals surface area (Å²) < 4.78 is 51.0. The first-order chi connectivity index (χ1) is 18.7. The van der Waals surface area contributed by atoms with Crippen LogP contribution in [0.25, 0.3) is 5.52 Å². The number of ether oxygens (including phenoxy) is 1. The number of hydrazine groups is 1. The molecule has 0 radical (unpaired) electrons. The zero-order valence-corrected chi connectivity index (χ0v) is 22.2. The number of alkyl halides is 3. The highest BCUT2D eigenvalue weighted by Crippen LogP contribution is 2.49. The van der Waals surface area contributed by atoms with Gasteiger partial charge in [-0.1, -0.05) is 6.42 Å². The highest BCUT2D eigenvalue weighted by atomic mass is 19.4. The lowest BCUT2D eigenvalue weighted by Crippen LogP contribution is -2.54. The Kier molecular flexibility index (Phi) is 7.00. The fourth-order valence-corrected chi connectivity index (χ4v) is 7.14. The minimum Gasteiger partial charge on any atom is -0.380 e. The third-order valence-corrected chi connectivity index (χ3v) is 9.43. The van der Waals surface area contributed by atoms with Crippen LogP contribution in [0.5, 0.6) is 0 Å². The average Bonchev–Trinajstić information content (AvgIpc) is 3.60. The first-order valence-corrected chi connectivity index (χ1v) is 13.9. The number of pyridine rings is 1. The van der Waals surface area contributed by atoms with Gasteiger partial charge in [0.2, 0.25) is 0 Å². The highest BCUT2D eigenvalue weighted by molar-refractivity contribution is 5.56. The molecule has 0 spiro atoms. The molecule has 0 bridgehead atoms. The molecule has 3 unspecified atom stereocenters. The lowest BCUT2D eigenvalue weighted by Gasteiger charge is -2.51. The van der Waals surface area contributed by atoms with E-state index in [9.17, 15) is 23.2 Å². The number of halogens is 3. The predicted molar refractivity (Wildman–Crippen MR) is 137 cm³/mol. The van der Waals surface area contributed by atoms with E-state index in [0.717, 1.165) is 38.8 Å². The van der Waals surface area contributed by atoms with E-state index in [1.807, 2.05) is 4.90 Å². The molecule has 212 valence electrons. The molecule has 4 aliphatic rings. The SMILES string of the molecule is CN1CNNC1CC1(C2CCCC(n3cc4c(C(F)(F)F)cc(CN5CC[C@@H](C#N)C5)cn4c3=O)C2)COC1. The molecule has 3 saturated heterocycles. The van der Waals surface area contributed by atoms with Crippen LogP contribution < -0.4 is 16.5 Å². The number of rotatable bonds is 6. The van der Waals surface area contributed by atoms with Gasteiger partial charge in [0.25, 0.3) is 0 Å². The van der Waals surface area contributed by atoms with Gasteiger partial charge in [-0.05, 0) is 63.2 Å². The van der Waals surface area contributed by atoms with Crippen LogP contribution in [0.1, 0.15) is 55.7 Å². The van der Waals surface area contributed by atoms with Crippen LogP contribution in [0.3, 0.4) is 0 Å². The molecule has 12 heteroatoms. The highest BCUT2D eigenvalue weighted by Gasteiger charge is 2.49. The number of fused-ring (bicyclic) bond motifs is 1. The van der Waals surface area contributed by atoms with Crippen LogP contribution in [0.4, 0.5) is 13.2 Å². The van der Waals surface area contributed by atoms with Crippen molar-refractivity contribution < 1.29 is 17.9 Å². The van der Waals surface area contributed by atoms with Crippen LogP contribution >= 0.6 is 0 Å². The van der Waals surface area contributed by atoms with E-state index < -0.39 is 17.4 Å². The van der Waals surface area contributed by atoms with E-state index in [0.29, 0.717) is 44.2 Å². The van der Waals surface area contributed by atoms with Crippen molar-refractivity contribution in [3.05, 3.63) is 40.1 Å². The van der Waals surface area contributed by atoms with Crippen LogP contribution in [-0.4, -0.2) is 65.0 Å². The Morgan fingerprint density at radius 2 is 2.05 bits per heavy atom. The summed E-state index contributed by atoms with van der Waals surface area (Å²) in [6, 6.07) is 3.26. The van der Waals surface area contributed by atoms with Gasteiger partial charge >= 0.3 is 11.9 Å². The van der Waals surface area contributed by atoms with Gasteiger partial charge in [0.15, 0.2) is 0 Å². The Morgan fingerprint density at radius 3 is 2.69 bits per heavy atom. The van der Waals surface area contributed by atoms with E-state index in [1.54, 1.807) is 10.8 Å². The van der Waals surface area contributed by atoms with Crippen molar-refractivity contribution >= 4 is 5.52 Å². The summed E-state index contributed by atoms with van der Waals surface area (Å²) in [4.78, 5) is 17.8. The lowest BCUT2D eigenvalue weighted by molar-refractivity contribution is -0.167. The van der Waals surface area contributed by atoms with E-state index in [1.165, 1.54) is 16.7 Å². The van der Waals surface area contributed by atoms with Crippen molar-refractivity contribution in [3.8, 4) is 6.07 Å². The van der Waals surface area contributed by atoms with Crippen LogP contribution in [0.15, 0.2) is 23.3 Å². The van der Waals surface area contributed by atoms with Crippen LogP contribution in [0, 0.1) is 28.6 Å². The minimum absolute atomic E-state index is 0.000691. The van der Waals surface area contributed by atoms with E-state index in [2.05, 4.69) is 28.9 Å². The van der Waals surface area contributed by atoms with Gasteiger partial charge < -0.3 is 4.74 Å². The standard InChI is InChI=1S/C27H36F3N7O2/c1-34-17-32-33-24(34)9-26(15-39-16-26)20-3-2-4-21(8-20)36-14-23-22(27(28,29)30)7-19(13-37(23)25(36)38)12-35-6-5-18(10-31)11-35/h7,13-14,18,20-21,24,32-33H,2-6,8-9,11-12,15-17H2,1H3/t18-,20?,21?,24?/m0/s1. The van der Waals surface area contributed by atoms with Crippen molar-refractivity contribution in [1.29, 1.82) is 5.26 Å². The fourth-order valence-electron chi connectivity index (χ4n) is 7.14. The molecule has 6 rings (SSSR count). The quantitative estimate of drug-likeness (QED) is 0.575. The Morgan fingerprint density at radius 1 is 1.23 bits per heavy atom. The molecule has 4 fully saturated rings. The first kappa shape index (κ1) is 26.8. The van der Waals surface area contributed by atoms with Crippen molar-refractivity contribution in [1.82, 2.24) is 29.6 Å². The number of likely N-dealkylation sites (tertiary alicyclic amines) is 1. The van der Waals surface area contributed by atoms with Crippen molar-refractivity contribution in [2.45, 2.75) is 63.5 Å². The maximum atomic E-state index is 14.2. The Bertz CT molecular complexity index is 1310. The number of aromatic nitrogens is 2. The van der Waals surface area contributed by atoms with Gasteiger partial charge in [-0.25, -0.2) is 15.6 Å². The number of nitrogens with one attached hydrogen (secondary N) is 2. The molecule has 1 saturated carbocycles. The number of nitriles is 1. The summed E-state index contributed by atoms with van der Waals surface area (Å²) in [6.45, 7) is 3.58. The number of hydrogen-bond donors (Lipinski definition) is 2. The molecule has 1 aliphatic carbocycles. The molecule has 5 heterocycles. The second kappa shape index (κ2) is 10.2. The number of imidazole rings is 1. The molecule has 9 nitrogen and oxygen atoms in total. The van der Waals surface area contributed by atoms with Gasteiger partial charge in [0.05, 0.1) is 49.1 Å². The molecule has 0 aromatic carbocycles. The molecule has 2 N–H and O–H groups in total. The first-order valence-electron chi connectivity index (χ1n) is 13.9. The summed E-state index contributed by atoms with van der Waals surface area (Å²) in [7, 11) is 2.07. The zero-order chi connectivity index (χ0) is 27.4. The van der Waals surface area contributed by atoms with E-state index in [4.69, 9.17) is 4.74 Å². The Balaban J connectivity index is 1.28. The minimum atomic E-state index is -4.59. The molecule has 3 aliphatic heterocycles. The number of hydrogen-bond acceptors (Lipinski definition) is 7. The normalized spacial score (nSPS) is 30.0. The predicted octanol–water partition coefficient (Wildman–Crippen LogP) is 2.93. The second-order valence-electron chi connectivity index (χ2n) is 12.0. The van der Waals surface area contributed by atoms with E-state index in [-0.39, 0.29) is 35.6 Å². The van der Waals surface area contributed by atoms with Crippen LogP contribution in [0.2, 0.25) is 0 Å². The van der Waals surface area contributed by atoms with Crippen molar-refractivity contribution in [2.75, 3.05) is 40.0 Å². The lowest BCUT2D eigenvalue weighted by atomic mass is 9.64. The van der Waals surface area contributed by atoms with Gasteiger partial charge in [-0.3, -0.25) is 18.8 Å². The molecule has 2 aromatic heterocycles. The molecule has 4 atom stereocenters. The maximum absolute atomic E-state index is 14.2. The summed E-state index contributed by atoms with van der Waals surface area (Å²) in [5.41, 5.74) is 5.64. The van der Waals surface area contributed by atoms with Crippen molar-refractivity contribution in [2.24, 2.45) is 17.3 Å². The largest absolute Gasteiger partial charge is 0.418 e. The Labute approximate surface area is 225 Å². The monoisotopic (exact) mass is 547 g/mol. The van der Waals surface area contributed by atoms with Crippen LogP contribution in [-0.2, 0) is 17.5 Å². The fraction of sp³-hybridized carbons (Fsp3) is 0.704. The summed E-state index contributed by atoms with van der Waals surface area (Å²) in [5, 5.41) is 9.19. The molecular formula is C27H36F3N7O2. The Hall–Kier alpha value is -2.43. The average molecular weight is 548 g/mol. The zero-order valence-electron chi connectivity index (χ0n) is 22.2. The van der Waals surface area contributed by atoms with Gasteiger partial charge in [-0.2, -0.15) is 18.4 Å². The molecule has 0 amide bonds. The van der Waals surface area contributed by atoms with Gasteiger partial charge in [0.1, 0.15) is 0 Å². The van der Waals surface area contributed by atoms with Crippen molar-refractivity contribution in [3.63, 3.8) is 0 Å². The van der Waals surface area contributed by atoms with Gasteiger partial charge in [0, 0.05) is 36.9 Å². The summed E-state index contributed by atoms with van der Waals surface area (Å²) in [5.74, 6) is 0.223. The van der Waals surface area contributed by atoms with E-state index >= 15 is 0 Å². The third kappa shape index (κ3) is 5.00.